The molecule has 28 heavy (non-hydrogen) atoms. The molecule has 2 aliphatic heterocycles. The van der Waals surface area contributed by atoms with E-state index in [2.05, 4.69) is 20.8 Å². The number of halogens is 1. The quantitative estimate of drug-likeness (QED) is 0.690. The first-order valence-corrected chi connectivity index (χ1v) is 11.5. The van der Waals surface area contributed by atoms with Gasteiger partial charge in [0.25, 0.3) is 0 Å². The monoisotopic (exact) mass is 466 g/mol. The van der Waals surface area contributed by atoms with Gasteiger partial charge in [0.05, 0.1) is 9.37 Å². The molecule has 0 aliphatic carbocycles. The van der Waals surface area contributed by atoms with E-state index in [1.807, 2.05) is 31.2 Å². The third kappa shape index (κ3) is 4.05. The largest absolute Gasteiger partial charge is 0.454 e. The van der Waals surface area contributed by atoms with Crippen LogP contribution in [0.2, 0.25) is 0 Å². The Morgan fingerprint density at radius 1 is 1.04 bits per heavy atom. The molecule has 6 nitrogen and oxygen atoms in total. The molecule has 2 heterocycles. The van der Waals surface area contributed by atoms with Gasteiger partial charge in [0.15, 0.2) is 11.5 Å². The summed E-state index contributed by atoms with van der Waals surface area (Å²) in [5.41, 5.74) is 2.17. The zero-order chi connectivity index (χ0) is 19.7. The molecule has 2 aliphatic rings. The number of hydrogen-bond donors (Lipinski definition) is 0. The first-order valence-electron chi connectivity index (χ1n) is 9.31. The number of aryl methyl sites for hydroxylation is 1. The number of sulfonamides is 1. The van der Waals surface area contributed by atoms with Crippen molar-refractivity contribution in [1.29, 1.82) is 0 Å². The van der Waals surface area contributed by atoms with Gasteiger partial charge in [0.2, 0.25) is 16.8 Å². The molecule has 2 aromatic carbocycles. The van der Waals surface area contributed by atoms with Gasteiger partial charge in [0, 0.05) is 26.2 Å². The smallest absolute Gasteiger partial charge is 0.243 e. The Morgan fingerprint density at radius 2 is 1.82 bits per heavy atom. The number of hydrogen-bond acceptors (Lipinski definition) is 5. The van der Waals surface area contributed by atoms with E-state index in [4.69, 9.17) is 9.47 Å². The minimum atomic E-state index is -3.45. The van der Waals surface area contributed by atoms with Crippen molar-refractivity contribution in [2.45, 2.75) is 24.8 Å². The summed E-state index contributed by atoms with van der Waals surface area (Å²) < 4.78 is 39.3. The molecule has 2 aromatic rings. The first-order chi connectivity index (χ1) is 13.4. The Balaban J connectivity index is 1.44. The van der Waals surface area contributed by atoms with Crippen molar-refractivity contribution in [2.75, 3.05) is 33.0 Å². The molecule has 1 saturated heterocycles. The van der Waals surface area contributed by atoms with Gasteiger partial charge in [-0.25, -0.2) is 8.42 Å². The lowest BCUT2D eigenvalue weighted by Crippen LogP contribution is -2.35. The van der Waals surface area contributed by atoms with Crippen molar-refractivity contribution >= 4 is 26.0 Å². The molecule has 1 fully saturated rings. The van der Waals surface area contributed by atoms with Crippen LogP contribution in [0.3, 0.4) is 0 Å². The third-order valence-electron chi connectivity index (χ3n) is 5.10. The molecule has 0 unspecified atom stereocenters. The summed E-state index contributed by atoms with van der Waals surface area (Å²) in [7, 11) is -3.45. The number of rotatable bonds is 4. The van der Waals surface area contributed by atoms with Crippen molar-refractivity contribution < 1.29 is 17.9 Å². The van der Waals surface area contributed by atoms with Crippen LogP contribution in [0.4, 0.5) is 0 Å². The summed E-state index contributed by atoms with van der Waals surface area (Å²) in [6.45, 7) is 5.51. The standard InChI is InChI=1S/C20H23BrN2O4S/c1-15-3-5-17(6-4-15)28(24,25)23-8-2-7-22(9-10-23)13-16-11-18(21)20-19(12-16)26-14-27-20/h3-6,11-12H,2,7-10,13-14H2,1H3. The van der Waals surface area contributed by atoms with E-state index in [9.17, 15) is 8.42 Å². The summed E-state index contributed by atoms with van der Waals surface area (Å²) in [6, 6.07) is 11.1. The van der Waals surface area contributed by atoms with E-state index in [0.29, 0.717) is 24.5 Å². The highest BCUT2D eigenvalue weighted by Crippen LogP contribution is 2.40. The van der Waals surface area contributed by atoms with E-state index < -0.39 is 10.0 Å². The Kier molecular flexibility index (Phi) is 5.64. The normalized spacial score (nSPS) is 18.2. The highest BCUT2D eigenvalue weighted by atomic mass is 79.9. The van der Waals surface area contributed by atoms with Gasteiger partial charge in [-0.3, -0.25) is 4.90 Å². The average molecular weight is 467 g/mol. The lowest BCUT2D eigenvalue weighted by Gasteiger charge is -2.22. The molecule has 4 rings (SSSR count). The topological polar surface area (TPSA) is 59.1 Å². The first kappa shape index (κ1) is 19.7. The van der Waals surface area contributed by atoms with Gasteiger partial charge in [-0.05, 0) is 65.6 Å². The second-order valence-electron chi connectivity index (χ2n) is 7.16. The Bertz CT molecular complexity index is 963. The molecule has 0 amide bonds. The van der Waals surface area contributed by atoms with Gasteiger partial charge in [-0.1, -0.05) is 17.7 Å². The van der Waals surface area contributed by atoms with Crippen molar-refractivity contribution in [1.82, 2.24) is 9.21 Å². The second kappa shape index (κ2) is 8.02. The van der Waals surface area contributed by atoms with Crippen LogP contribution in [0.15, 0.2) is 45.8 Å². The minimum absolute atomic E-state index is 0.243. The van der Waals surface area contributed by atoms with Crippen LogP contribution >= 0.6 is 15.9 Å². The Morgan fingerprint density at radius 3 is 2.61 bits per heavy atom. The van der Waals surface area contributed by atoms with Gasteiger partial charge >= 0.3 is 0 Å². The van der Waals surface area contributed by atoms with Crippen molar-refractivity contribution in [3.05, 3.63) is 52.0 Å². The molecule has 0 bridgehead atoms. The highest BCUT2D eigenvalue weighted by molar-refractivity contribution is 9.10. The van der Waals surface area contributed by atoms with Gasteiger partial charge in [0.1, 0.15) is 0 Å². The molecule has 0 spiro atoms. The van der Waals surface area contributed by atoms with Crippen molar-refractivity contribution in [2.24, 2.45) is 0 Å². The average Bonchev–Trinajstić information content (AvgIpc) is 3.01. The minimum Gasteiger partial charge on any atom is -0.454 e. The molecule has 0 atom stereocenters. The second-order valence-corrected chi connectivity index (χ2v) is 9.95. The maximum absolute atomic E-state index is 13.0. The van der Waals surface area contributed by atoms with Crippen LogP contribution in [0.25, 0.3) is 0 Å². The molecular weight excluding hydrogens is 444 g/mol. The fraction of sp³-hybridized carbons (Fsp3) is 0.400. The molecule has 8 heteroatoms. The number of ether oxygens (including phenoxy) is 2. The van der Waals surface area contributed by atoms with Crippen LogP contribution in [0.1, 0.15) is 17.5 Å². The zero-order valence-electron chi connectivity index (χ0n) is 15.7. The fourth-order valence-electron chi connectivity index (χ4n) is 3.58. The van der Waals surface area contributed by atoms with Crippen LogP contribution < -0.4 is 9.47 Å². The van der Waals surface area contributed by atoms with Crippen molar-refractivity contribution in [3.8, 4) is 11.5 Å². The van der Waals surface area contributed by atoms with Gasteiger partial charge in [-0.15, -0.1) is 0 Å². The van der Waals surface area contributed by atoms with Crippen LogP contribution in [-0.4, -0.2) is 50.6 Å². The SMILES string of the molecule is Cc1ccc(S(=O)(=O)N2CCCN(Cc3cc(Br)c4c(c3)OCO4)CC2)cc1. The van der Waals surface area contributed by atoms with Gasteiger partial charge < -0.3 is 9.47 Å². The summed E-state index contributed by atoms with van der Waals surface area (Å²) in [5.74, 6) is 1.50. The van der Waals surface area contributed by atoms with E-state index in [0.717, 1.165) is 46.6 Å². The predicted octanol–water partition coefficient (Wildman–Crippen LogP) is 3.38. The summed E-state index contributed by atoms with van der Waals surface area (Å²) >= 11 is 3.53. The van der Waals surface area contributed by atoms with E-state index >= 15 is 0 Å². The summed E-state index contributed by atoms with van der Waals surface area (Å²) in [6.07, 6.45) is 0.802. The van der Waals surface area contributed by atoms with Crippen LogP contribution in [-0.2, 0) is 16.6 Å². The molecule has 0 radical (unpaired) electrons. The molecule has 0 saturated carbocycles. The Hall–Kier alpha value is -1.61. The highest BCUT2D eigenvalue weighted by Gasteiger charge is 2.27. The molecule has 150 valence electrons. The number of fused-ring (bicyclic) bond motifs is 1. The number of benzene rings is 2. The molecular formula is C20H23BrN2O4S. The van der Waals surface area contributed by atoms with E-state index in [1.54, 1.807) is 16.4 Å². The predicted molar refractivity (Wildman–Crippen MR) is 110 cm³/mol. The maximum Gasteiger partial charge on any atom is 0.243 e. The lowest BCUT2D eigenvalue weighted by atomic mass is 10.2. The maximum atomic E-state index is 13.0. The van der Waals surface area contributed by atoms with Crippen molar-refractivity contribution in [3.63, 3.8) is 0 Å². The Labute approximate surface area is 174 Å². The lowest BCUT2D eigenvalue weighted by molar-refractivity contribution is 0.173. The molecule has 0 N–H and O–H groups in total. The van der Waals surface area contributed by atoms with Crippen LogP contribution in [0, 0.1) is 6.92 Å². The van der Waals surface area contributed by atoms with Gasteiger partial charge in [-0.2, -0.15) is 4.31 Å². The van der Waals surface area contributed by atoms with Crippen LogP contribution in [0.5, 0.6) is 11.5 Å². The van der Waals surface area contributed by atoms with E-state index in [1.165, 1.54) is 0 Å². The van der Waals surface area contributed by atoms with E-state index in [-0.39, 0.29) is 6.79 Å². The summed E-state index contributed by atoms with van der Waals surface area (Å²) in [4.78, 5) is 2.65. The fourth-order valence-corrected chi connectivity index (χ4v) is 5.65. The molecule has 0 aromatic heterocycles. The number of nitrogens with zero attached hydrogens (tertiary/aromatic N) is 2. The zero-order valence-corrected chi connectivity index (χ0v) is 18.1. The summed E-state index contributed by atoms with van der Waals surface area (Å²) in [5, 5.41) is 0. The third-order valence-corrected chi connectivity index (χ3v) is 7.60.